The minimum atomic E-state index is -0.446. The van der Waals surface area contributed by atoms with E-state index in [1.54, 1.807) is 0 Å². The van der Waals surface area contributed by atoms with Crippen LogP contribution in [0.4, 0.5) is 0 Å². The van der Waals surface area contributed by atoms with Crippen molar-refractivity contribution in [1.29, 1.82) is 0 Å². The first-order valence-electron chi connectivity index (χ1n) is 22.0. The lowest BCUT2D eigenvalue weighted by Gasteiger charge is -2.42. The lowest BCUT2D eigenvalue weighted by molar-refractivity contribution is -0.137. The molecule has 0 aromatic heterocycles. The van der Waals surface area contributed by atoms with Gasteiger partial charge in [-0.15, -0.1) is 0 Å². The Morgan fingerprint density at radius 1 is 0.569 bits per heavy atom. The number of ether oxygens (including phenoxy) is 3. The van der Waals surface area contributed by atoms with Crippen LogP contribution in [0, 0.1) is 17.8 Å². The van der Waals surface area contributed by atoms with Gasteiger partial charge in [0, 0.05) is 17.6 Å². The first-order valence-corrected chi connectivity index (χ1v) is 22.0. The quantitative estimate of drug-likeness (QED) is 0.0387. The lowest BCUT2D eigenvalue weighted by Crippen LogP contribution is -2.33. The summed E-state index contributed by atoms with van der Waals surface area (Å²) in [7, 11) is 0. The Bertz CT molecular complexity index is 1870. The number of carbonyl (C=O) groups excluding carboxylic acids is 2. The molecule has 0 saturated heterocycles. The van der Waals surface area contributed by atoms with Crippen molar-refractivity contribution in [2.45, 2.75) is 115 Å². The Morgan fingerprint density at radius 3 is 1.48 bits per heavy atom. The predicted molar refractivity (Wildman–Crippen MR) is 235 cm³/mol. The summed E-state index contributed by atoms with van der Waals surface area (Å²) in [5.41, 5.74) is 7.89. The summed E-state index contributed by atoms with van der Waals surface area (Å²) in [5, 5.41) is 0. The molecule has 0 amide bonds. The summed E-state index contributed by atoms with van der Waals surface area (Å²) in [4.78, 5) is 22.8. The maximum absolute atomic E-state index is 11.6. The molecule has 0 aliphatic heterocycles. The normalized spacial score (nSPS) is 20.5. The fraction of sp³-hybridized carbons (Fsp3) is 0.434. The molecule has 0 N–H and O–H groups in total. The molecular weight excluding hydrogens is 717 g/mol. The fourth-order valence-corrected chi connectivity index (χ4v) is 9.41. The summed E-state index contributed by atoms with van der Waals surface area (Å²) in [6.07, 6.45) is 21.9. The first kappa shape index (κ1) is 42.7. The maximum Gasteiger partial charge on any atom is 0.335 e. The molecule has 5 nitrogen and oxygen atoms in total. The molecule has 6 rings (SSSR count). The second kappa shape index (κ2) is 21.7. The molecule has 2 aliphatic rings. The molecule has 306 valence electrons. The van der Waals surface area contributed by atoms with Crippen molar-refractivity contribution in [2.24, 2.45) is 17.8 Å². The second-order valence-corrected chi connectivity index (χ2v) is 16.9. The van der Waals surface area contributed by atoms with E-state index in [-0.39, 0.29) is 11.4 Å². The van der Waals surface area contributed by atoms with Crippen LogP contribution in [0.1, 0.15) is 130 Å². The van der Waals surface area contributed by atoms with Gasteiger partial charge in [0.2, 0.25) is 0 Å². The summed E-state index contributed by atoms with van der Waals surface area (Å²) < 4.78 is 16.2. The molecule has 2 aliphatic carbocycles. The predicted octanol–water partition coefficient (Wildman–Crippen LogP) is 12.7. The second-order valence-electron chi connectivity index (χ2n) is 16.9. The van der Waals surface area contributed by atoms with Gasteiger partial charge < -0.3 is 14.2 Å². The SMILES string of the molecule is C=CC(=O)OCCCCOc1ccc(Cc2ccc(C3(c4ccc(Cc5ccc(OC(=O)C=C)cc5)cc4)CCC(CCC4CCC(CCC)CC4)CC3)cc2)cc1. The van der Waals surface area contributed by atoms with Crippen LogP contribution in [0.2, 0.25) is 0 Å². The highest BCUT2D eigenvalue weighted by atomic mass is 16.5. The highest BCUT2D eigenvalue weighted by Crippen LogP contribution is 2.48. The Labute approximate surface area is 347 Å². The zero-order valence-corrected chi connectivity index (χ0v) is 34.8. The van der Waals surface area contributed by atoms with Crippen molar-refractivity contribution >= 4 is 11.9 Å². The minimum Gasteiger partial charge on any atom is -0.494 e. The van der Waals surface area contributed by atoms with Crippen LogP contribution in [-0.2, 0) is 32.6 Å². The Kier molecular flexibility index (Phi) is 16.0. The van der Waals surface area contributed by atoms with Gasteiger partial charge in [0.15, 0.2) is 0 Å². The van der Waals surface area contributed by atoms with E-state index in [4.69, 9.17) is 14.2 Å². The molecule has 0 unspecified atom stereocenters. The van der Waals surface area contributed by atoms with E-state index in [0.717, 1.165) is 49.2 Å². The fourth-order valence-electron chi connectivity index (χ4n) is 9.41. The molecule has 0 heterocycles. The Morgan fingerprint density at radius 2 is 1.00 bits per heavy atom. The number of hydrogen-bond acceptors (Lipinski definition) is 5. The highest BCUT2D eigenvalue weighted by molar-refractivity contribution is 5.83. The monoisotopic (exact) mass is 780 g/mol. The third kappa shape index (κ3) is 12.3. The number of unbranched alkanes of at least 4 members (excludes halogenated alkanes) is 1. The molecule has 0 bridgehead atoms. The standard InChI is InChI=1S/C53H64O5/c1-4-9-40-10-12-41(13-11-40)14-15-42-32-34-53(35-33-42,48-26-18-44(19-27-48)39-46-22-30-50(31-23-46)58-52(55)6-3)47-24-16-43(17-25-47)38-45-20-28-49(29-21-45)56-36-7-8-37-57-51(54)5-2/h5-6,16-31,40-42H,2-4,7-15,32-39H2,1H3. The average Bonchev–Trinajstić information content (AvgIpc) is 3.26. The van der Waals surface area contributed by atoms with E-state index >= 15 is 0 Å². The summed E-state index contributed by atoms with van der Waals surface area (Å²) in [5.74, 6) is 3.30. The van der Waals surface area contributed by atoms with Crippen molar-refractivity contribution in [3.63, 3.8) is 0 Å². The molecule has 0 radical (unpaired) electrons. The maximum atomic E-state index is 11.6. The molecule has 5 heteroatoms. The van der Waals surface area contributed by atoms with E-state index in [1.165, 1.54) is 123 Å². The average molecular weight is 781 g/mol. The largest absolute Gasteiger partial charge is 0.494 e. The zero-order valence-electron chi connectivity index (χ0n) is 34.8. The van der Waals surface area contributed by atoms with Gasteiger partial charge in [-0.3, -0.25) is 0 Å². The van der Waals surface area contributed by atoms with Gasteiger partial charge in [-0.1, -0.05) is 144 Å². The summed E-state index contributed by atoms with van der Waals surface area (Å²) in [6.45, 7) is 10.2. The third-order valence-corrected chi connectivity index (χ3v) is 12.9. The number of esters is 2. The molecule has 4 aromatic rings. The Balaban J connectivity index is 1.09. The Hall–Kier alpha value is -4.90. The molecule has 4 aromatic carbocycles. The highest BCUT2D eigenvalue weighted by Gasteiger charge is 2.38. The van der Waals surface area contributed by atoms with Crippen LogP contribution >= 0.6 is 0 Å². The summed E-state index contributed by atoms with van der Waals surface area (Å²) in [6, 6.07) is 35.0. The number of rotatable bonds is 20. The van der Waals surface area contributed by atoms with E-state index in [1.807, 2.05) is 36.4 Å². The van der Waals surface area contributed by atoms with Crippen LogP contribution in [-0.4, -0.2) is 25.2 Å². The van der Waals surface area contributed by atoms with Crippen molar-refractivity contribution in [3.05, 3.63) is 156 Å². The van der Waals surface area contributed by atoms with Gasteiger partial charge in [-0.05, 0) is 127 Å². The van der Waals surface area contributed by atoms with Crippen molar-refractivity contribution in [1.82, 2.24) is 0 Å². The van der Waals surface area contributed by atoms with Gasteiger partial charge in [0.1, 0.15) is 11.5 Å². The minimum absolute atomic E-state index is 0.00868. The van der Waals surface area contributed by atoms with Crippen molar-refractivity contribution < 1.29 is 23.8 Å². The van der Waals surface area contributed by atoms with Gasteiger partial charge in [0.05, 0.1) is 13.2 Å². The molecule has 2 saturated carbocycles. The molecular formula is C53H64O5. The van der Waals surface area contributed by atoms with Gasteiger partial charge in [0.25, 0.3) is 0 Å². The van der Waals surface area contributed by atoms with Crippen molar-refractivity contribution in [3.8, 4) is 11.5 Å². The van der Waals surface area contributed by atoms with Crippen LogP contribution in [0.25, 0.3) is 0 Å². The molecule has 0 atom stereocenters. The number of hydrogen-bond donors (Lipinski definition) is 0. The molecule has 2 fully saturated rings. The number of carbonyl (C=O) groups is 2. The summed E-state index contributed by atoms with van der Waals surface area (Å²) >= 11 is 0. The van der Waals surface area contributed by atoms with Gasteiger partial charge >= 0.3 is 11.9 Å². The molecule has 58 heavy (non-hydrogen) atoms. The topological polar surface area (TPSA) is 61.8 Å². The lowest BCUT2D eigenvalue weighted by atomic mass is 9.62. The number of benzene rings is 4. The zero-order chi connectivity index (χ0) is 40.6. The van der Waals surface area contributed by atoms with Crippen LogP contribution < -0.4 is 9.47 Å². The van der Waals surface area contributed by atoms with E-state index in [9.17, 15) is 9.59 Å². The van der Waals surface area contributed by atoms with Crippen LogP contribution in [0.3, 0.4) is 0 Å². The van der Waals surface area contributed by atoms with Gasteiger partial charge in [-0.25, -0.2) is 9.59 Å². The smallest absolute Gasteiger partial charge is 0.335 e. The van der Waals surface area contributed by atoms with E-state index < -0.39 is 5.97 Å². The third-order valence-electron chi connectivity index (χ3n) is 12.9. The van der Waals surface area contributed by atoms with Crippen molar-refractivity contribution in [2.75, 3.05) is 13.2 Å². The van der Waals surface area contributed by atoms with E-state index in [2.05, 4.69) is 80.7 Å². The van der Waals surface area contributed by atoms with Crippen LogP contribution in [0.5, 0.6) is 11.5 Å². The van der Waals surface area contributed by atoms with Gasteiger partial charge in [-0.2, -0.15) is 0 Å². The first-order chi connectivity index (χ1) is 28.3. The van der Waals surface area contributed by atoms with E-state index in [0.29, 0.717) is 19.0 Å². The molecule has 0 spiro atoms. The van der Waals surface area contributed by atoms with Crippen LogP contribution in [0.15, 0.2) is 122 Å².